The molecular weight excluding hydrogens is 190 g/mol. The number of nitrogens with zero attached hydrogens (tertiary/aromatic N) is 1. The molecule has 0 aliphatic rings. The van der Waals surface area contributed by atoms with E-state index in [9.17, 15) is 9.59 Å². The Morgan fingerprint density at radius 2 is 1.73 bits per heavy atom. The number of imide groups is 1. The first-order valence-electron chi connectivity index (χ1n) is 5.40. The summed E-state index contributed by atoms with van der Waals surface area (Å²) in [5.74, 6) is 0.0431. The van der Waals surface area contributed by atoms with Crippen LogP contribution in [-0.4, -0.2) is 23.8 Å². The van der Waals surface area contributed by atoms with Gasteiger partial charge in [-0.25, -0.2) is 0 Å². The van der Waals surface area contributed by atoms with Crippen LogP contribution in [0.4, 0.5) is 0 Å². The maximum absolute atomic E-state index is 11.6. The summed E-state index contributed by atoms with van der Waals surface area (Å²) in [6.45, 7) is 9.93. The monoisotopic (exact) mass is 213 g/mol. The van der Waals surface area contributed by atoms with Crippen LogP contribution in [0.25, 0.3) is 0 Å². The van der Waals surface area contributed by atoms with Crippen LogP contribution in [0.3, 0.4) is 0 Å². The first-order chi connectivity index (χ1) is 6.63. The Hall–Kier alpha value is -0.860. The van der Waals surface area contributed by atoms with Crippen molar-refractivity contribution in [1.29, 1.82) is 0 Å². The van der Waals surface area contributed by atoms with Crippen molar-refractivity contribution in [2.24, 2.45) is 11.3 Å². The zero-order valence-electron chi connectivity index (χ0n) is 10.8. The average molecular weight is 213 g/mol. The van der Waals surface area contributed by atoms with Crippen LogP contribution in [-0.2, 0) is 9.59 Å². The topological polar surface area (TPSA) is 37.4 Å². The number of hydrogen-bond donors (Lipinski definition) is 0. The van der Waals surface area contributed by atoms with Gasteiger partial charge in [0, 0.05) is 20.4 Å². The van der Waals surface area contributed by atoms with Crippen molar-refractivity contribution >= 4 is 11.8 Å². The van der Waals surface area contributed by atoms with Crippen molar-refractivity contribution in [1.82, 2.24) is 4.90 Å². The van der Waals surface area contributed by atoms with Crippen molar-refractivity contribution in [3.63, 3.8) is 0 Å². The molecule has 0 N–H and O–H groups in total. The van der Waals surface area contributed by atoms with E-state index >= 15 is 0 Å². The van der Waals surface area contributed by atoms with Gasteiger partial charge in [-0.1, -0.05) is 27.7 Å². The van der Waals surface area contributed by atoms with E-state index in [-0.39, 0.29) is 17.2 Å². The predicted octanol–water partition coefficient (Wildman–Crippen LogP) is 2.45. The van der Waals surface area contributed by atoms with Gasteiger partial charge in [0.05, 0.1) is 0 Å². The van der Waals surface area contributed by atoms with Gasteiger partial charge in [0.15, 0.2) is 0 Å². The van der Waals surface area contributed by atoms with Gasteiger partial charge in [0.2, 0.25) is 11.8 Å². The van der Waals surface area contributed by atoms with Gasteiger partial charge in [0.25, 0.3) is 0 Å². The van der Waals surface area contributed by atoms with Gasteiger partial charge in [-0.05, 0) is 17.8 Å². The third kappa shape index (κ3) is 6.26. The normalized spacial score (nSPS) is 13.5. The van der Waals surface area contributed by atoms with Gasteiger partial charge in [0.1, 0.15) is 0 Å². The van der Waals surface area contributed by atoms with Crippen molar-refractivity contribution < 1.29 is 9.59 Å². The second-order valence-corrected chi connectivity index (χ2v) is 5.55. The van der Waals surface area contributed by atoms with E-state index in [1.807, 2.05) is 0 Å². The van der Waals surface area contributed by atoms with Crippen LogP contribution >= 0.6 is 0 Å². The molecule has 2 amide bonds. The molecule has 0 aliphatic carbocycles. The fourth-order valence-corrected chi connectivity index (χ4v) is 1.73. The summed E-state index contributed by atoms with van der Waals surface area (Å²) in [4.78, 5) is 23.7. The van der Waals surface area contributed by atoms with Crippen LogP contribution in [0.2, 0.25) is 0 Å². The highest BCUT2D eigenvalue weighted by molar-refractivity contribution is 5.93. The number of carbonyl (C=O) groups is 2. The molecule has 88 valence electrons. The molecule has 0 bridgehead atoms. The SMILES string of the molecule is CC(=O)N(C)C(=O)CC(C)CC(C)(C)C. The zero-order valence-corrected chi connectivity index (χ0v) is 10.8. The molecule has 0 aromatic rings. The summed E-state index contributed by atoms with van der Waals surface area (Å²) in [7, 11) is 1.54. The van der Waals surface area contributed by atoms with Gasteiger partial charge >= 0.3 is 0 Å². The lowest BCUT2D eigenvalue weighted by molar-refractivity contribution is -0.142. The van der Waals surface area contributed by atoms with E-state index in [0.717, 1.165) is 6.42 Å². The van der Waals surface area contributed by atoms with E-state index in [1.165, 1.54) is 18.9 Å². The lowest BCUT2D eigenvalue weighted by Crippen LogP contribution is -2.32. The summed E-state index contributed by atoms with van der Waals surface area (Å²) < 4.78 is 0. The van der Waals surface area contributed by atoms with Crippen LogP contribution in [0.5, 0.6) is 0 Å². The molecule has 3 nitrogen and oxygen atoms in total. The Bertz CT molecular complexity index is 240. The van der Waals surface area contributed by atoms with Crippen LogP contribution in [0, 0.1) is 11.3 Å². The molecule has 0 aliphatic heterocycles. The van der Waals surface area contributed by atoms with E-state index in [1.54, 1.807) is 0 Å². The molecule has 0 fully saturated rings. The molecule has 1 unspecified atom stereocenters. The molecule has 0 radical (unpaired) electrons. The lowest BCUT2D eigenvalue weighted by Gasteiger charge is -2.24. The standard InChI is InChI=1S/C12H23NO2/c1-9(8-12(3,4)5)7-11(15)13(6)10(2)14/h9H,7-8H2,1-6H3. The molecule has 15 heavy (non-hydrogen) atoms. The van der Waals surface area contributed by atoms with E-state index < -0.39 is 0 Å². The third-order valence-corrected chi connectivity index (χ3v) is 2.33. The van der Waals surface area contributed by atoms with Crippen LogP contribution in [0.1, 0.15) is 47.5 Å². The molecule has 0 aromatic heterocycles. The first kappa shape index (κ1) is 14.1. The molecule has 0 saturated carbocycles. The minimum absolute atomic E-state index is 0.0840. The fourth-order valence-electron chi connectivity index (χ4n) is 1.73. The van der Waals surface area contributed by atoms with E-state index in [4.69, 9.17) is 0 Å². The number of amides is 2. The van der Waals surface area contributed by atoms with Crippen molar-refractivity contribution in [3.8, 4) is 0 Å². The summed E-state index contributed by atoms with van der Waals surface area (Å²) in [6, 6.07) is 0. The van der Waals surface area contributed by atoms with Crippen LogP contribution in [0.15, 0.2) is 0 Å². The highest BCUT2D eigenvalue weighted by Gasteiger charge is 2.20. The summed E-state index contributed by atoms with van der Waals surface area (Å²) in [6.07, 6.45) is 1.44. The van der Waals surface area contributed by atoms with E-state index in [0.29, 0.717) is 12.3 Å². The zero-order chi connectivity index (χ0) is 12.2. The maximum atomic E-state index is 11.6. The van der Waals surface area contributed by atoms with Gasteiger partial charge in [-0.3, -0.25) is 14.5 Å². The summed E-state index contributed by atoms with van der Waals surface area (Å²) in [5, 5.41) is 0. The van der Waals surface area contributed by atoms with E-state index in [2.05, 4.69) is 27.7 Å². The molecule has 1 atom stereocenters. The summed E-state index contributed by atoms with van der Waals surface area (Å²) >= 11 is 0. The van der Waals surface area contributed by atoms with Gasteiger partial charge < -0.3 is 0 Å². The average Bonchev–Trinajstić information content (AvgIpc) is 1.98. The first-order valence-corrected chi connectivity index (χ1v) is 5.40. The van der Waals surface area contributed by atoms with Crippen molar-refractivity contribution in [2.75, 3.05) is 7.05 Å². The minimum Gasteiger partial charge on any atom is -0.286 e. The highest BCUT2D eigenvalue weighted by Crippen LogP contribution is 2.26. The minimum atomic E-state index is -0.192. The van der Waals surface area contributed by atoms with Crippen molar-refractivity contribution in [2.45, 2.75) is 47.5 Å². The largest absolute Gasteiger partial charge is 0.286 e. The molecule has 0 heterocycles. The molecule has 0 spiro atoms. The van der Waals surface area contributed by atoms with Crippen LogP contribution < -0.4 is 0 Å². The fraction of sp³-hybridized carbons (Fsp3) is 0.833. The smallest absolute Gasteiger partial charge is 0.229 e. The Kier molecular flexibility index (Phi) is 4.98. The Balaban J connectivity index is 4.13. The highest BCUT2D eigenvalue weighted by atomic mass is 16.2. The number of hydrogen-bond acceptors (Lipinski definition) is 2. The lowest BCUT2D eigenvalue weighted by atomic mass is 9.84. The Morgan fingerprint density at radius 1 is 1.27 bits per heavy atom. The second-order valence-electron chi connectivity index (χ2n) is 5.55. The predicted molar refractivity (Wildman–Crippen MR) is 61.3 cm³/mol. The molecule has 3 heteroatoms. The van der Waals surface area contributed by atoms with Gasteiger partial charge in [-0.15, -0.1) is 0 Å². The third-order valence-electron chi connectivity index (χ3n) is 2.33. The second kappa shape index (κ2) is 5.29. The Labute approximate surface area is 92.8 Å². The molecule has 0 rings (SSSR count). The van der Waals surface area contributed by atoms with Gasteiger partial charge in [-0.2, -0.15) is 0 Å². The van der Waals surface area contributed by atoms with Crippen molar-refractivity contribution in [3.05, 3.63) is 0 Å². The quantitative estimate of drug-likeness (QED) is 0.722. The molecular formula is C12H23NO2. The maximum Gasteiger partial charge on any atom is 0.229 e. The Morgan fingerprint density at radius 3 is 2.07 bits per heavy atom. The number of rotatable bonds is 3. The summed E-state index contributed by atoms with van der Waals surface area (Å²) in [5.41, 5.74) is 0.231. The number of carbonyl (C=O) groups excluding carboxylic acids is 2. The molecule has 0 aromatic carbocycles. The molecule has 0 saturated heterocycles.